The van der Waals surface area contributed by atoms with Crippen molar-refractivity contribution >= 4 is 5.69 Å². The minimum absolute atomic E-state index is 0.243. The Morgan fingerprint density at radius 3 is 2.06 bits per heavy atom. The van der Waals surface area contributed by atoms with Gasteiger partial charge in [-0.3, -0.25) is 0 Å². The van der Waals surface area contributed by atoms with Crippen molar-refractivity contribution in [1.82, 2.24) is 0 Å². The predicted octanol–water partition coefficient (Wildman–Crippen LogP) is 3.25. The molecule has 0 heterocycles. The Labute approximate surface area is 99.7 Å². The molecule has 0 aliphatic rings. The Bertz CT molecular complexity index is 406. The zero-order chi connectivity index (χ0) is 13.9. The fraction of sp³-hybridized carbons (Fsp3) is 0.400. The predicted molar refractivity (Wildman–Crippen MR) is 54.1 cm³/mol. The lowest BCUT2D eigenvalue weighted by molar-refractivity contribution is -0.274. The van der Waals surface area contributed by atoms with Gasteiger partial charge in [-0.1, -0.05) is 0 Å². The fourth-order valence-corrected chi connectivity index (χ4v) is 1.18. The number of nitrogens with zero attached hydrogens (tertiary/aromatic N) is 1. The van der Waals surface area contributed by atoms with Gasteiger partial charge in [-0.15, -0.1) is 13.2 Å². The van der Waals surface area contributed by atoms with Crippen LogP contribution in [0.4, 0.5) is 27.6 Å². The molecule has 0 bridgehead atoms. The van der Waals surface area contributed by atoms with E-state index in [0.29, 0.717) is 0 Å². The van der Waals surface area contributed by atoms with Crippen molar-refractivity contribution in [3.63, 3.8) is 0 Å². The van der Waals surface area contributed by atoms with Gasteiger partial charge in [0.1, 0.15) is 11.5 Å². The quantitative estimate of drug-likeness (QED) is 0.785. The van der Waals surface area contributed by atoms with Crippen molar-refractivity contribution in [1.29, 1.82) is 0 Å². The van der Waals surface area contributed by atoms with Gasteiger partial charge < -0.3 is 14.4 Å². The molecule has 0 saturated carbocycles. The number of alkyl halides is 5. The Balaban J connectivity index is 3.06. The standard InChI is InChI=1S/C10H10F5NO2/c1-16(2)6-3-7(17-9(11)12)5-8(4-6)18-10(13,14)15/h3-5,9H,1-2H3. The van der Waals surface area contributed by atoms with Gasteiger partial charge in [0.15, 0.2) is 0 Å². The minimum atomic E-state index is -4.90. The topological polar surface area (TPSA) is 21.7 Å². The molecule has 0 aliphatic carbocycles. The van der Waals surface area contributed by atoms with Gasteiger partial charge in [-0.05, 0) is 0 Å². The lowest BCUT2D eigenvalue weighted by Gasteiger charge is -2.17. The number of hydrogen-bond donors (Lipinski definition) is 0. The molecule has 1 aromatic rings. The molecule has 8 heteroatoms. The van der Waals surface area contributed by atoms with Gasteiger partial charge in [0.05, 0.1) is 0 Å². The molecule has 18 heavy (non-hydrogen) atoms. The molecule has 0 radical (unpaired) electrons. The molecule has 0 spiro atoms. The zero-order valence-electron chi connectivity index (χ0n) is 9.46. The van der Waals surface area contributed by atoms with E-state index in [4.69, 9.17) is 0 Å². The first-order valence-corrected chi connectivity index (χ1v) is 4.70. The number of benzene rings is 1. The monoisotopic (exact) mass is 271 g/mol. The molecular formula is C10H10F5NO2. The van der Waals surface area contributed by atoms with Gasteiger partial charge >= 0.3 is 13.0 Å². The van der Waals surface area contributed by atoms with E-state index in [-0.39, 0.29) is 5.69 Å². The summed E-state index contributed by atoms with van der Waals surface area (Å²) in [6.45, 7) is -3.12. The van der Waals surface area contributed by atoms with E-state index >= 15 is 0 Å². The minimum Gasteiger partial charge on any atom is -0.435 e. The van der Waals surface area contributed by atoms with Crippen LogP contribution in [-0.4, -0.2) is 27.1 Å². The van der Waals surface area contributed by atoms with Crippen LogP contribution in [0.15, 0.2) is 18.2 Å². The lowest BCUT2D eigenvalue weighted by Crippen LogP contribution is -2.18. The molecule has 0 atom stereocenters. The summed E-state index contributed by atoms with van der Waals surface area (Å²) < 4.78 is 67.9. The van der Waals surface area contributed by atoms with Crippen molar-refractivity contribution in [2.45, 2.75) is 13.0 Å². The molecule has 0 N–H and O–H groups in total. The van der Waals surface area contributed by atoms with Gasteiger partial charge in [-0.2, -0.15) is 8.78 Å². The summed E-state index contributed by atoms with van der Waals surface area (Å²) in [4.78, 5) is 1.43. The SMILES string of the molecule is CN(C)c1cc(OC(F)F)cc(OC(F)(F)F)c1. The van der Waals surface area contributed by atoms with Gasteiger partial charge in [0.25, 0.3) is 0 Å². The molecular weight excluding hydrogens is 261 g/mol. The van der Waals surface area contributed by atoms with E-state index in [1.165, 1.54) is 11.0 Å². The van der Waals surface area contributed by atoms with Gasteiger partial charge in [-0.25, -0.2) is 0 Å². The first-order chi connectivity index (χ1) is 8.17. The lowest BCUT2D eigenvalue weighted by atomic mass is 10.2. The van der Waals surface area contributed by atoms with Crippen LogP contribution in [0.2, 0.25) is 0 Å². The second kappa shape index (κ2) is 5.28. The summed E-state index contributed by atoms with van der Waals surface area (Å²) in [6.07, 6.45) is -4.90. The number of halogens is 5. The van der Waals surface area contributed by atoms with Crippen molar-refractivity contribution in [3.8, 4) is 11.5 Å². The van der Waals surface area contributed by atoms with Crippen LogP contribution in [-0.2, 0) is 0 Å². The molecule has 0 amide bonds. The Morgan fingerprint density at radius 2 is 1.61 bits per heavy atom. The van der Waals surface area contributed by atoms with E-state index in [9.17, 15) is 22.0 Å². The highest BCUT2D eigenvalue weighted by Gasteiger charge is 2.31. The third kappa shape index (κ3) is 4.64. The Morgan fingerprint density at radius 1 is 1.06 bits per heavy atom. The highest BCUT2D eigenvalue weighted by Crippen LogP contribution is 2.32. The normalized spacial score (nSPS) is 11.6. The summed E-state index contributed by atoms with van der Waals surface area (Å²) in [5.41, 5.74) is 0.243. The summed E-state index contributed by atoms with van der Waals surface area (Å²) in [6, 6.07) is 2.98. The van der Waals surface area contributed by atoms with E-state index in [1.807, 2.05) is 0 Å². The largest absolute Gasteiger partial charge is 0.573 e. The highest BCUT2D eigenvalue weighted by atomic mass is 19.4. The van der Waals surface area contributed by atoms with Crippen LogP contribution in [0.1, 0.15) is 0 Å². The summed E-state index contributed by atoms with van der Waals surface area (Å²) >= 11 is 0. The van der Waals surface area contributed by atoms with Crippen LogP contribution in [0.25, 0.3) is 0 Å². The highest BCUT2D eigenvalue weighted by molar-refractivity contribution is 5.54. The first kappa shape index (κ1) is 14.3. The fourth-order valence-electron chi connectivity index (χ4n) is 1.18. The molecule has 1 rings (SSSR count). The second-order valence-corrected chi connectivity index (χ2v) is 3.48. The van der Waals surface area contributed by atoms with Crippen molar-refractivity contribution in [3.05, 3.63) is 18.2 Å². The first-order valence-electron chi connectivity index (χ1n) is 4.70. The van der Waals surface area contributed by atoms with Crippen molar-refractivity contribution in [2.75, 3.05) is 19.0 Å². The molecule has 3 nitrogen and oxygen atoms in total. The van der Waals surface area contributed by atoms with Crippen LogP contribution in [0.3, 0.4) is 0 Å². The van der Waals surface area contributed by atoms with Crippen molar-refractivity contribution in [2.24, 2.45) is 0 Å². The molecule has 0 fully saturated rings. The average molecular weight is 271 g/mol. The average Bonchev–Trinajstić information content (AvgIpc) is 2.12. The van der Waals surface area contributed by atoms with Crippen molar-refractivity contribution < 1.29 is 31.4 Å². The number of hydrogen-bond acceptors (Lipinski definition) is 3. The van der Waals surface area contributed by atoms with Crippen LogP contribution in [0, 0.1) is 0 Å². The van der Waals surface area contributed by atoms with Gasteiger partial charge in [0, 0.05) is 38.0 Å². The Hall–Kier alpha value is -1.73. The number of rotatable bonds is 4. The van der Waals surface area contributed by atoms with E-state index in [1.54, 1.807) is 14.1 Å². The molecule has 1 aromatic carbocycles. The van der Waals surface area contributed by atoms with Crippen LogP contribution < -0.4 is 14.4 Å². The molecule has 0 aliphatic heterocycles. The summed E-state index contributed by atoms with van der Waals surface area (Å²) in [5.74, 6) is -1.03. The zero-order valence-corrected chi connectivity index (χ0v) is 9.46. The Kier molecular flexibility index (Phi) is 4.20. The van der Waals surface area contributed by atoms with E-state index in [2.05, 4.69) is 9.47 Å². The molecule has 0 aromatic heterocycles. The van der Waals surface area contributed by atoms with Gasteiger partial charge in [0.2, 0.25) is 0 Å². The third-order valence-corrected chi connectivity index (χ3v) is 1.84. The third-order valence-electron chi connectivity index (χ3n) is 1.84. The van der Waals surface area contributed by atoms with Crippen LogP contribution >= 0.6 is 0 Å². The van der Waals surface area contributed by atoms with E-state index < -0.39 is 24.5 Å². The maximum absolute atomic E-state index is 12.0. The molecule has 102 valence electrons. The maximum atomic E-state index is 12.0. The summed E-state index contributed by atoms with van der Waals surface area (Å²) in [5, 5.41) is 0. The number of anilines is 1. The van der Waals surface area contributed by atoms with E-state index in [0.717, 1.165) is 12.1 Å². The maximum Gasteiger partial charge on any atom is 0.573 e. The van der Waals surface area contributed by atoms with Crippen LogP contribution in [0.5, 0.6) is 11.5 Å². The summed E-state index contributed by atoms with van der Waals surface area (Å²) in [7, 11) is 3.08. The smallest absolute Gasteiger partial charge is 0.435 e. The molecule has 0 saturated heterocycles. The number of ether oxygens (including phenoxy) is 2. The second-order valence-electron chi connectivity index (χ2n) is 3.48. The molecule has 0 unspecified atom stereocenters.